The third kappa shape index (κ3) is 4.22. The second-order valence-electron chi connectivity index (χ2n) is 6.68. The lowest BCUT2D eigenvalue weighted by Gasteiger charge is -2.30. The molecule has 0 N–H and O–H groups in total. The fourth-order valence-electron chi connectivity index (χ4n) is 3.34. The van der Waals surface area contributed by atoms with Crippen molar-refractivity contribution < 1.29 is 8.42 Å². The van der Waals surface area contributed by atoms with Gasteiger partial charge in [0.15, 0.2) is 0 Å². The summed E-state index contributed by atoms with van der Waals surface area (Å²) >= 11 is 0. The van der Waals surface area contributed by atoms with Crippen LogP contribution in [-0.4, -0.2) is 37.1 Å². The Morgan fingerprint density at radius 1 is 1.21 bits per heavy atom. The van der Waals surface area contributed by atoms with E-state index >= 15 is 0 Å². The third-order valence-electron chi connectivity index (χ3n) is 4.57. The van der Waals surface area contributed by atoms with E-state index in [-0.39, 0.29) is 5.92 Å². The van der Waals surface area contributed by atoms with Crippen molar-refractivity contribution in [3.8, 4) is 0 Å². The topological polar surface area (TPSA) is 50.3 Å². The van der Waals surface area contributed by atoms with Crippen LogP contribution in [0.1, 0.15) is 41.3 Å². The van der Waals surface area contributed by atoms with E-state index in [0.717, 1.165) is 30.7 Å². The molecule has 0 bridgehead atoms. The molecule has 128 valence electrons. The Hall–Kier alpha value is -1.72. The Bertz CT molecular complexity index is 818. The number of aromatic nitrogens is 1. The van der Waals surface area contributed by atoms with E-state index < -0.39 is 10.0 Å². The minimum Gasteiger partial charge on any atom is -0.257 e. The lowest BCUT2D eigenvalue weighted by molar-refractivity contribution is 0.314. The maximum Gasteiger partial charge on any atom is 0.211 e. The Balaban J connectivity index is 1.77. The molecule has 4 nitrogen and oxygen atoms in total. The molecule has 0 radical (unpaired) electrons. The zero-order chi connectivity index (χ0) is 17.2. The van der Waals surface area contributed by atoms with Crippen molar-refractivity contribution in [2.24, 2.45) is 0 Å². The highest BCUT2D eigenvalue weighted by Gasteiger charge is 2.27. The van der Waals surface area contributed by atoms with Crippen molar-refractivity contribution in [2.45, 2.75) is 32.1 Å². The van der Waals surface area contributed by atoms with E-state index in [2.05, 4.69) is 31.2 Å². The van der Waals surface area contributed by atoms with Gasteiger partial charge in [-0.05, 0) is 37.5 Å². The van der Waals surface area contributed by atoms with Crippen LogP contribution in [0.5, 0.6) is 0 Å². The predicted octanol–water partition coefficient (Wildman–Crippen LogP) is 3.12. The molecule has 1 unspecified atom stereocenters. The first-order chi connectivity index (χ1) is 11.4. The standard InChI is InChI=1S/C19H24N2O2S/c1-15-6-3-7-16(12-15)13-18-9-4-10-19(20-18)17-8-5-11-21(14-17)24(2,22)23/h3-4,6-7,9-10,12,17H,5,8,11,13-14H2,1-2H3. The number of benzene rings is 1. The summed E-state index contributed by atoms with van der Waals surface area (Å²) in [5.41, 5.74) is 4.55. The molecular weight excluding hydrogens is 320 g/mol. The number of rotatable bonds is 4. The van der Waals surface area contributed by atoms with E-state index in [0.29, 0.717) is 13.1 Å². The van der Waals surface area contributed by atoms with Crippen LogP contribution in [0.15, 0.2) is 42.5 Å². The van der Waals surface area contributed by atoms with Crippen molar-refractivity contribution in [3.05, 3.63) is 65.0 Å². The number of nitrogens with zero attached hydrogens (tertiary/aromatic N) is 2. The summed E-state index contributed by atoms with van der Waals surface area (Å²) in [5.74, 6) is 0.186. The Morgan fingerprint density at radius 2 is 2.00 bits per heavy atom. The van der Waals surface area contributed by atoms with Crippen LogP contribution in [0.4, 0.5) is 0 Å². The molecule has 1 saturated heterocycles. The van der Waals surface area contributed by atoms with Crippen LogP contribution in [0, 0.1) is 6.92 Å². The average molecular weight is 344 g/mol. The van der Waals surface area contributed by atoms with Gasteiger partial charge in [0.05, 0.1) is 6.26 Å². The smallest absolute Gasteiger partial charge is 0.211 e. The molecule has 1 aromatic carbocycles. The number of sulfonamides is 1. The van der Waals surface area contributed by atoms with Gasteiger partial charge >= 0.3 is 0 Å². The first-order valence-corrected chi connectivity index (χ1v) is 10.2. The minimum atomic E-state index is -3.12. The summed E-state index contributed by atoms with van der Waals surface area (Å²) in [6, 6.07) is 14.6. The third-order valence-corrected chi connectivity index (χ3v) is 5.84. The van der Waals surface area contributed by atoms with E-state index in [1.165, 1.54) is 17.4 Å². The summed E-state index contributed by atoms with van der Waals surface area (Å²) in [5, 5.41) is 0. The summed E-state index contributed by atoms with van der Waals surface area (Å²) in [6.07, 6.45) is 3.98. The molecule has 1 aromatic heterocycles. The first-order valence-electron chi connectivity index (χ1n) is 8.38. The Labute approximate surface area is 144 Å². The number of piperidine rings is 1. The summed E-state index contributed by atoms with van der Waals surface area (Å²) in [7, 11) is -3.12. The van der Waals surface area contributed by atoms with Gasteiger partial charge < -0.3 is 0 Å². The molecule has 1 fully saturated rings. The minimum absolute atomic E-state index is 0.186. The van der Waals surface area contributed by atoms with Crippen molar-refractivity contribution in [2.75, 3.05) is 19.3 Å². The number of pyridine rings is 1. The van der Waals surface area contributed by atoms with Gasteiger partial charge in [-0.3, -0.25) is 4.98 Å². The van der Waals surface area contributed by atoms with Crippen LogP contribution >= 0.6 is 0 Å². The lowest BCUT2D eigenvalue weighted by atomic mass is 9.95. The van der Waals surface area contributed by atoms with Gasteiger partial charge in [-0.2, -0.15) is 0 Å². The quantitative estimate of drug-likeness (QED) is 0.856. The summed E-state index contributed by atoms with van der Waals surface area (Å²) in [6.45, 7) is 3.26. The average Bonchev–Trinajstić information content (AvgIpc) is 2.54. The highest BCUT2D eigenvalue weighted by atomic mass is 32.2. The highest BCUT2D eigenvalue weighted by molar-refractivity contribution is 7.88. The molecule has 2 aromatic rings. The van der Waals surface area contributed by atoms with E-state index in [1.54, 1.807) is 4.31 Å². The maximum atomic E-state index is 11.8. The lowest BCUT2D eigenvalue weighted by Crippen LogP contribution is -2.38. The summed E-state index contributed by atoms with van der Waals surface area (Å²) in [4.78, 5) is 4.82. The SMILES string of the molecule is Cc1cccc(Cc2cccc(C3CCCN(S(C)(=O)=O)C3)n2)c1. The fraction of sp³-hybridized carbons (Fsp3) is 0.421. The van der Waals surface area contributed by atoms with Gasteiger partial charge in [0.2, 0.25) is 10.0 Å². The second-order valence-corrected chi connectivity index (χ2v) is 8.66. The van der Waals surface area contributed by atoms with Crippen LogP contribution in [0.25, 0.3) is 0 Å². The molecular formula is C19H24N2O2S. The van der Waals surface area contributed by atoms with E-state index in [9.17, 15) is 8.42 Å². The van der Waals surface area contributed by atoms with Gasteiger partial charge in [-0.15, -0.1) is 0 Å². The maximum absolute atomic E-state index is 11.8. The van der Waals surface area contributed by atoms with Crippen LogP contribution < -0.4 is 0 Å². The molecule has 2 heterocycles. The summed E-state index contributed by atoms with van der Waals surface area (Å²) < 4.78 is 25.2. The Morgan fingerprint density at radius 3 is 2.75 bits per heavy atom. The van der Waals surface area contributed by atoms with Gasteiger partial charge in [-0.25, -0.2) is 12.7 Å². The second kappa shape index (κ2) is 7.03. The molecule has 1 aliphatic rings. The predicted molar refractivity (Wildman–Crippen MR) is 96.6 cm³/mol. The monoisotopic (exact) mass is 344 g/mol. The molecule has 0 amide bonds. The fourth-order valence-corrected chi connectivity index (χ4v) is 4.25. The number of hydrogen-bond acceptors (Lipinski definition) is 3. The van der Waals surface area contributed by atoms with Crippen molar-refractivity contribution in [1.29, 1.82) is 0 Å². The highest BCUT2D eigenvalue weighted by Crippen LogP contribution is 2.27. The zero-order valence-electron chi connectivity index (χ0n) is 14.3. The largest absolute Gasteiger partial charge is 0.257 e. The number of hydrogen-bond donors (Lipinski definition) is 0. The molecule has 3 rings (SSSR count). The van der Waals surface area contributed by atoms with Gasteiger partial charge in [0, 0.05) is 36.8 Å². The van der Waals surface area contributed by atoms with Gasteiger partial charge in [0.25, 0.3) is 0 Å². The number of aryl methyl sites for hydroxylation is 1. The molecule has 1 atom stereocenters. The van der Waals surface area contributed by atoms with E-state index in [1.807, 2.05) is 18.2 Å². The first kappa shape index (κ1) is 17.1. The Kier molecular flexibility index (Phi) is 5.01. The van der Waals surface area contributed by atoms with Crippen LogP contribution in [-0.2, 0) is 16.4 Å². The molecule has 1 aliphatic heterocycles. The molecule has 24 heavy (non-hydrogen) atoms. The molecule has 5 heteroatoms. The molecule has 0 saturated carbocycles. The van der Waals surface area contributed by atoms with Crippen molar-refractivity contribution >= 4 is 10.0 Å². The van der Waals surface area contributed by atoms with Crippen molar-refractivity contribution in [3.63, 3.8) is 0 Å². The zero-order valence-corrected chi connectivity index (χ0v) is 15.1. The van der Waals surface area contributed by atoms with Gasteiger partial charge in [0.1, 0.15) is 0 Å². The molecule has 0 aliphatic carbocycles. The van der Waals surface area contributed by atoms with E-state index in [4.69, 9.17) is 4.98 Å². The van der Waals surface area contributed by atoms with Crippen molar-refractivity contribution in [1.82, 2.24) is 9.29 Å². The molecule has 0 spiro atoms. The van der Waals surface area contributed by atoms with Crippen LogP contribution in [0.2, 0.25) is 0 Å². The van der Waals surface area contributed by atoms with Crippen LogP contribution in [0.3, 0.4) is 0 Å². The normalized spacial score (nSPS) is 19.3. The van der Waals surface area contributed by atoms with Gasteiger partial charge in [-0.1, -0.05) is 35.9 Å².